The van der Waals surface area contributed by atoms with Gasteiger partial charge in [0.05, 0.1) is 11.1 Å². The number of nitrogen functional groups attached to an aromatic ring is 1. The van der Waals surface area contributed by atoms with E-state index in [4.69, 9.17) is 10.3 Å². The van der Waals surface area contributed by atoms with Crippen molar-refractivity contribution < 1.29 is 22.5 Å². The first-order chi connectivity index (χ1) is 9.32. The summed E-state index contributed by atoms with van der Waals surface area (Å²) in [6.45, 7) is 0. The van der Waals surface area contributed by atoms with Crippen LogP contribution in [0.1, 0.15) is 16.2 Å². The quantitative estimate of drug-likeness (QED) is 0.819. The standard InChI is InChI=1S/C11H9F3N4O2/c1-16-9(19)8-17-10(20-18-8)6-3-2-5(4-7(6)15)11(12,13)14/h2-4H,15H2,1H3,(H,16,19). The summed E-state index contributed by atoms with van der Waals surface area (Å²) in [6, 6.07) is 2.72. The van der Waals surface area contributed by atoms with Gasteiger partial charge >= 0.3 is 6.18 Å². The van der Waals surface area contributed by atoms with Gasteiger partial charge in [-0.1, -0.05) is 5.16 Å². The van der Waals surface area contributed by atoms with Crippen molar-refractivity contribution in [2.24, 2.45) is 0 Å². The number of amides is 1. The molecule has 1 heterocycles. The molecule has 2 aromatic rings. The van der Waals surface area contributed by atoms with Crippen molar-refractivity contribution in [2.45, 2.75) is 6.18 Å². The van der Waals surface area contributed by atoms with E-state index in [1.54, 1.807) is 0 Å². The zero-order valence-electron chi connectivity index (χ0n) is 10.2. The van der Waals surface area contributed by atoms with Crippen LogP contribution in [0.3, 0.4) is 0 Å². The molecule has 0 atom stereocenters. The molecule has 0 fully saturated rings. The average Bonchev–Trinajstić information content (AvgIpc) is 2.86. The molecule has 0 bridgehead atoms. The lowest BCUT2D eigenvalue weighted by Crippen LogP contribution is -2.19. The number of alkyl halides is 3. The first-order valence-electron chi connectivity index (χ1n) is 5.36. The van der Waals surface area contributed by atoms with Crippen molar-refractivity contribution in [3.63, 3.8) is 0 Å². The number of hydrogen-bond acceptors (Lipinski definition) is 5. The summed E-state index contributed by atoms with van der Waals surface area (Å²) in [5.41, 5.74) is 4.61. The Morgan fingerprint density at radius 3 is 2.65 bits per heavy atom. The molecule has 1 aromatic carbocycles. The summed E-state index contributed by atoms with van der Waals surface area (Å²) in [4.78, 5) is 15.0. The molecule has 20 heavy (non-hydrogen) atoms. The maximum Gasteiger partial charge on any atom is 0.416 e. The van der Waals surface area contributed by atoms with Gasteiger partial charge < -0.3 is 15.6 Å². The molecule has 0 spiro atoms. The molecule has 0 unspecified atom stereocenters. The van der Waals surface area contributed by atoms with Gasteiger partial charge in [-0.3, -0.25) is 4.79 Å². The lowest BCUT2D eigenvalue weighted by Gasteiger charge is -2.08. The minimum absolute atomic E-state index is 0.126. The average molecular weight is 286 g/mol. The van der Waals surface area contributed by atoms with Gasteiger partial charge in [0.2, 0.25) is 0 Å². The number of halogens is 3. The molecule has 0 aliphatic carbocycles. The second kappa shape index (κ2) is 4.83. The largest absolute Gasteiger partial charge is 0.416 e. The van der Waals surface area contributed by atoms with Gasteiger partial charge in [-0.2, -0.15) is 18.2 Å². The zero-order valence-corrected chi connectivity index (χ0v) is 10.2. The minimum atomic E-state index is -4.49. The van der Waals surface area contributed by atoms with E-state index in [-0.39, 0.29) is 23.0 Å². The van der Waals surface area contributed by atoms with Crippen LogP contribution in [0, 0.1) is 0 Å². The van der Waals surface area contributed by atoms with Crippen LogP contribution in [0.2, 0.25) is 0 Å². The molecule has 2 rings (SSSR count). The first kappa shape index (κ1) is 13.8. The van der Waals surface area contributed by atoms with Crippen molar-refractivity contribution >= 4 is 11.6 Å². The predicted octanol–water partition coefficient (Wildman–Crippen LogP) is 1.70. The van der Waals surface area contributed by atoms with Crippen LogP contribution in [0.4, 0.5) is 18.9 Å². The van der Waals surface area contributed by atoms with Crippen molar-refractivity contribution in [3.8, 4) is 11.5 Å². The molecule has 0 radical (unpaired) electrons. The van der Waals surface area contributed by atoms with Gasteiger partial charge in [0.25, 0.3) is 17.6 Å². The predicted molar refractivity (Wildman–Crippen MR) is 62.5 cm³/mol. The Morgan fingerprint density at radius 2 is 2.10 bits per heavy atom. The third-order valence-corrected chi connectivity index (χ3v) is 2.47. The van der Waals surface area contributed by atoms with Crippen LogP contribution in [0.25, 0.3) is 11.5 Å². The fraction of sp³-hybridized carbons (Fsp3) is 0.182. The summed E-state index contributed by atoms with van der Waals surface area (Å²) in [7, 11) is 1.38. The third kappa shape index (κ3) is 2.56. The molecular weight excluding hydrogens is 277 g/mol. The molecule has 1 amide bonds. The van der Waals surface area contributed by atoms with E-state index in [1.165, 1.54) is 7.05 Å². The molecule has 1 aromatic heterocycles. The number of nitrogens with one attached hydrogen (secondary N) is 1. The van der Waals surface area contributed by atoms with E-state index in [9.17, 15) is 18.0 Å². The number of nitrogens with zero attached hydrogens (tertiary/aromatic N) is 2. The third-order valence-electron chi connectivity index (χ3n) is 2.47. The van der Waals surface area contributed by atoms with Crippen LogP contribution < -0.4 is 11.1 Å². The smallest absolute Gasteiger partial charge is 0.398 e. The SMILES string of the molecule is CNC(=O)c1noc(-c2ccc(C(F)(F)F)cc2N)n1. The fourth-order valence-electron chi connectivity index (χ4n) is 1.47. The minimum Gasteiger partial charge on any atom is -0.398 e. The maximum atomic E-state index is 12.5. The Morgan fingerprint density at radius 1 is 1.40 bits per heavy atom. The normalized spacial score (nSPS) is 11.4. The number of benzene rings is 1. The highest BCUT2D eigenvalue weighted by Gasteiger charge is 2.31. The second-order valence-corrected chi connectivity index (χ2v) is 3.80. The van der Waals surface area contributed by atoms with Gasteiger partial charge in [-0.15, -0.1) is 0 Å². The van der Waals surface area contributed by atoms with Gasteiger partial charge in [-0.25, -0.2) is 0 Å². The molecule has 6 nitrogen and oxygen atoms in total. The number of rotatable bonds is 2. The summed E-state index contributed by atoms with van der Waals surface area (Å²) in [5, 5.41) is 5.69. The van der Waals surface area contributed by atoms with Crippen molar-refractivity contribution in [1.29, 1.82) is 0 Å². The van der Waals surface area contributed by atoms with Crippen molar-refractivity contribution in [3.05, 3.63) is 29.6 Å². The molecule has 0 saturated carbocycles. The number of anilines is 1. The summed E-state index contributed by atoms with van der Waals surface area (Å²) < 4.78 is 42.3. The number of nitrogens with two attached hydrogens (primary N) is 1. The number of aromatic nitrogens is 2. The van der Waals surface area contributed by atoms with E-state index in [0.29, 0.717) is 0 Å². The Hall–Kier alpha value is -2.58. The Labute approximate surface area is 110 Å². The Kier molecular flexibility index (Phi) is 3.35. The summed E-state index contributed by atoms with van der Waals surface area (Å²) in [5.74, 6) is -0.942. The highest BCUT2D eigenvalue weighted by Crippen LogP contribution is 2.34. The maximum absolute atomic E-state index is 12.5. The molecule has 0 aliphatic heterocycles. The molecule has 0 saturated heterocycles. The molecule has 0 aliphatic rings. The van der Waals surface area contributed by atoms with Crippen LogP contribution in [-0.2, 0) is 6.18 Å². The van der Waals surface area contributed by atoms with E-state index in [1.807, 2.05) is 0 Å². The monoisotopic (exact) mass is 286 g/mol. The van der Waals surface area contributed by atoms with E-state index in [2.05, 4.69) is 15.5 Å². The summed E-state index contributed by atoms with van der Waals surface area (Å²) >= 11 is 0. The van der Waals surface area contributed by atoms with E-state index in [0.717, 1.165) is 18.2 Å². The van der Waals surface area contributed by atoms with Crippen molar-refractivity contribution in [1.82, 2.24) is 15.5 Å². The van der Waals surface area contributed by atoms with Crippen LogP contribution in [-0.4, -0.2) is 23.1 Å². The highest BCUT2D eigenvalue weighted by molar-refractivity contribution is 5.90. The fourth-order valence-corrected chi connectivity index (χ4v) is 1.47. The highest BCUT2D eigenvalue weighted by atomic mass is 19.4. The number of carbonyl (C=O) groups is 1. The van der Waals surface area contributed by atoms with Gasteiger partial charge in [0.1, 0.15) is 0 Å². The van der Waals surface area contributed by atoms with Gasteiger partial charge in [0, 0.05) is 12.7 Å². The first-order valence-corrected chi connectivity index (χ1v) is 5.36. The van der Waals surface area contributed by atoms with Crippen LogP contribution >= 0.6 is 0 Å². The lowest BCUT2D eigenvalue weighted by molar-refractivity contribution is -0.137. The van der Waals surface area contributed by atoms with Gasteiger partial charge in [0.15, 0.2) is 0 Å². The molecular formula is C11H9F3N4O2. The second-order valence-electron chi connectivity index (χ2n) is 3.80. The number of hydrogen-bond donors (Lipinski definition) is 2. The van der Waals surface area contributed by atoms with E-state index >= 15 is 0 Å². The van der Waals surface area contributed by atoms with Crippen LogP contribution in [0.5, 0.6) is 0 Å². The molecule has 106 valence electrons. The van der Waals surface area contributed by atoms with Gasteiger partial charge in [-0.05, 0) is 18.2 Å². The summed E-state index contributed by atoms with van der Waals surface area (Å²) in [6.07, 6.45) is -4.49. The topological polar surface area (TPSA) is 94.0 Å². The van der Waals surface area contributed by atoms with E-state index < -0.39 is 17.6 Å². The van der Waals surface area contributed by atoms with Crippen molar-refractivity contribution in [2.75, 3.05) is 12.8 Å². The molecule has 3 N–H and O–H groups in total. The van der Waals surface area contributed by atoms with Crippen LogP contribution in [0.15, 0.2) is 22.7 Å². The Bertz CT molecular complexity index is 651. The Balaban J connectivity index is 2.39. The lowest BCUT2D eigenvalue weighted by atomic mass is 10.1. The number of carbonyl (C=O) groups excluding carboxylic acids is 1. The zero-order chi connectivity index (χ0) is 14.9. The molecule has 9 heteroatoms.